The minimum Gasteiger partial charge on any atom is -0.496 e. The molecule has 12 heteroatoms. The van der Waals surface area contributed by atoms with Gasteiger partial charge in [0.15, 0.2) is 5.76 Å². The Labute approximate surface area is 206 Å². The molecule has 0 bridgehead atoms. The Kier molecular flexibility index (Phi) is 5.53. The third kappa shape index (κ3) is 4.19. The number of nitrogens with zero attached hydrogens (tertiary/aromatic N) is 5. The molecule has 5 aromatic rings. The van der Waals surface area contributed by atoms with Crippen LogP contribution < -0.4 is 14.2 Å². The van der Waals surface area contributed by atoms with Crippen LogP contribution in [0.4, 0.5) is 4.39 Å². The third-order valence-corrected chi connectivity index (χ3v) is 7.43. The fourth-order valence-electron chi connectivity index (χ4n) is 3.68. The second kappa shape index (κ2) is 8.86. The molecule has 0 N–H and O–H groups in total. The summed E-state index contributed by atoms with van der Waals surface area (Å²) in [6, 6.07) is 8.51. The molecular formula is C23H18FN5O4S2. The number of halogens is 1. The Morgan fingerprint density at radius 2 is 2.11 bits per heavy atom. The number of furan rings is 1. The number of fused-ring (bicyclic) bond motifs is 2. The molecular weight excluding hydrogens is 493 g/mol. The highest BCUT2D eigenvalue weighted by Crippen LogP contribution is 2.37. The molecule has 4 aromatic heterocycles. The molecule has 6 rings (SSSR count). The zero-order valence-corrected chi connectivity index (χ0v) is 20.2. The Morgan fingerprint density at radius 3 is 2.89 bits per heavy atom. The molecule has 5 heterocycles. The summed E-state index contributed by atoms with van der Waals surface area (Å²) in [5.74, 6) is 2.10. The van der Waals surface area contributed by atoms with Gasteiger partial charge in [0.2, 0.25) is 10.9 Å². The van der Waals surface area contributed by atoms with Crippen molar-refractivity contribution in [2.45, 2.75) is 6.04 Å². The van der Waals surface area contributed by atoms with E-state index >= 15 is 0 Å². The van der Waals surface area contributed by atoms with E-state index in [0.717, 1.165) is 21.7 Å². The van der Waals surface area contributed by atoms with Gasteiger partial charge in [-0.15, -0.1) is 16.9 Å². The largest absolute Gasteiger partial charge is 0.496 e. The summed E-state index contributed by atoms with van der Waals surface area (Å²) in [5.41, 5.74) is 2.08. The number of hydrogen-bond donors (Lipinski definition) is 0. The topological polar surface area (TPSA) is 96.3 Å². The summed E-state index contributed by atoms with van der Waals surface area (Å²) < 4.78 is 37.7. The number of ether oxygens (including phenoxy) is 3. The smallest absolute Gasteiger partial charge is 0.294 e. The second-order valence-electron chi connectivity index (χ2n) is 7.65. The number of thioether (sulfide) groups is 1. The van der Waals surface area contributed by atoms with Crippen molar-refractivity contribution >= 4 is 44.1 Å². The average Bonchev–Trinajstić information content (AvgIpc) is 3.65. The molecule has 1 aliphatic heterocycles. The van der Waals surface area contributed by atoms with Gasteiger partial charge in [0.05, 0.1) is 36.9 Å². The number of rotatable bonds is 7. The predicted octanol–water partition coefficient (Wildman–Crippen LogP) is 4.70. The summed E-state index contributed by atoms with van der Waals surface area (Å²) in [6.45, 7) is 0.373. The van der Waals surface area contributed by atoms with Crippen LogP contribution in [-0.4, -0.2) is 57.2 Å². The van der Waals surface area contributed by atoms with Gasteiger partial charge >= 0.3 is 0 Å². The molecule has 0 spiro atoms. The van der Waals surface area contributed by atoms with E-state index in [4.69, 9.17) is 23.6 Å². The van der Waals surface area contributed by atoms with Gasteiger partial charge in [0, 0.05) is 29.6 Å². The van der Waals surface area contributed by atoms with E-state index in [-0.39, 0.29) is 6.04 Å². The van der Waals surface area contributed by atoms with Gasteiger partial charge in [-0.05, 0) is 29.5 Å². The van der Waals surface area contributed by atoms with E-state index in [2.05, 4.69) is 15.1 Å². The Hall–Kier alpha value is -3.64. The van der Waals surface area contributed by atoms with Crippen molar-refractivity contribution in [3.63, 3.8) is 0 Å². The lowest BCUT2D eigenvalue weighted by Crippen LogP contribution is -2.15. The number of benzene rings is 1. The molecule has 1 aliphatic rings. The first-order chi connectivity index (χ1) is 17.1. The summed E-state index contributed by atoms with van der Waals surface area (Å²) >= 11 is 2.95. The highest BCUT2D eigenvalue weighted by molar-refractivity contribution is 8.14. The van der Waals surface area contributed by atoms with Gasteiger partial charge in [-0.2, -0.15) is 4.39 Å². The molecule has 1 atom stereocenters. The van der Waals surface area contributed by atoms with Crippen LogP contribution in [0.2, 0.25) is 0 Å². The summed E-state index contributed by atoms with van der Waals surface area (Å²) in [6.07, 6.45) is 3.29. The van der Waals surface area contributed by atoms with E-state index in [0.29, 0.717) is 45.3 Å². The maximum absolute atomic E-state index is 13.1. The lowest BCUT2D eigenvalue weighted by molar-refractivity contribution is 0.301. The lowest BCUT2D eigenvalue weighted by Gasteiger charge is -2.11. The number of pyridine rings is 1. The number of aliphatic imine (C=N–C) groups is 1. The number of imidazole rings is 1. The fourth-order valence-corrected chi connectivity index (χ4v) is 5.41. The van der Waals surface area contributed by atoms with E-state index < -0.39 is 5.95 Å². The highest BCUT2D eigenvalue weighted by Gasteiger charge is 2.22. The quantitative estimate of drug-likeness (QED) is 0.290. The molecule has 1 unspecified atom stereocenters. The molecule has 0 amide bonds. The zero-order chi connectivity index (χ0) is 23.9. The standard InChI is InChI=1S/C23H18FN5O4S2/c1-30-14-5-17(32-10-13-11-34-21(26-13)12-3-4-20(24)25-8-12)15-7-19(33-18(15)6-14)16-9-29-22(27-16)35-23(28-29)31-2/h3-9,13H,10-11H2,1-2H3. The average molecular weight is 512 g/mol. The van der Waals surface area contributed by atoms with Crippen LogP contribution in [0.3, 0.4) is 0 Å². The number of aromatic nitrogens is 4. The zero-order valence-electron chi connectivity index (χ0n) is 18.6. The van der Waals surface area contributed by atoms with Crippen molar-refractivity contribution in [1.29, 1.82) is 0 Å². The molecule has 0 fully saturated rings. The van der Waals surface area contributed by atoms with E-state index in [1.807, 2.05) is 18.2 Å². The molecule has 178 valence electrons. The van der Waals surface area contributed by atoms with Crippen molar-refractivity contribution in [3.8, 4) is 28.1 Å². The first kappa shape index (κ1) is 21.9. The first-order valence-electron chi connectivity index (χ1n) is 10.6. The summed E-state index contributed by atoms with van der Waals surface area (Å²) in [4.78, 5) is 13.7. The van der Waals surface area contributed by atoms with Gasteiger partial charge in [-0.25, -0.2) is 14.5 Å². The van der Waals surface area contributed by atoms with Crippen LogP contribution in [0.5, 0.6) is 16.7 Å². The molecule has 0 saturated heterocycles. The molecule has 0 saturated carbocycles. The monoisotopic (exact) mass is 511 g/mol. The lowest BCUT2D eigenvalue weighted by atomic mass is 10.2. The Balaban J connectivity index is 1.26. The summed E-state index contributed by atoms with van der Waals surface area (Å²) in [7, 11) is 3.17. The number of hydrogen-bond acceptors (Lipinski definition) is 10. The van der Waals surface area contributed by atoms with Gasteiger partial charge in [-0.1, -0.05) is 0 Å². The normalized spacial score (nSPS) is 15.6. The van der Waals surface area contributed by atoms with Gasteiger partial charge in [0.25, 0.3) is 5.19 Å². The van der Waals surface area contributed by atoms with Gasteiger partial charge in [0.1, 0.15) is 29.4 Å². The van der Waals surface area contributed by atoms with E-state index in [9.17, 15) is 4.39 Å². The SMILES string of the molecule is COc1cc(OCC2CSC(c3ccc(F)nc3)=N2)c2cc(-c3cn4nc(OC)sc4n3)oc2c1. The van der Waals surface area contributed by atoms with Crippen molar-refractivity contribution in [3.05, 3.63) is 54.2 Å². The number of methoxy groups -OCH3 is 2. The Bertz CT molecular complexity index is 1530. The van der Waals surface area contributed by atoms with Crippen molar-refractivity contribution < 1.29 is 23.0 Å². The molecule has 0 aliphatic carbocycles. The van der Waals surface area contributed by atoms with E-state index in [1.165, 1.54) is 23.6 Å². The molecule has 1 aromatic carbocycles. The van der Waals surface area contributed by atoms with E-state index in [1.54, 1.807) is 42.8 Å². The maximum Gasteiger partial charge on any atom is 0.294 e. The second-order valence-corrected chi connectivity index (χ2v) is 9.58. The highest BCUT2D eigenvalue weighted by atomic mass is 32.2. The first-order valence-corrected chi connectivity index (χ1v) is 12.4. The van der Waals surface area contributed by atoms with Crippen LogP contribution >= 0.6 is 23.1 Å². The van der Waals surface area contributed by atoms with Crippen molar-refractivity contribution in [2.24, 2.45) is 4.99 Å². The van der Waals surface area contributed by atoms with Gasteiger partial charge < -0.3 is 18.6 Å². The predicted molar refractivity (Wildman–Crippen MR) is 132 cm³/mol. The minimum absolute atomic E-state index is 0.0475. The van der Waals surface area contributed by atoms with Crippen LogP contribution in [0.1, 0.15) is 5.56 Å². The molecule has 35 heavy (non-hydrogen) atoms. The van der Waals surface area contributed by atoms with Crippen LogP contribution in [0.25, 0.3) is 27.4 Å². The van der Waals surface area contributed by atoms with Crippen molar-refractivity contribution in [1.82, 2.24) is 19.6 Å². The van der Waals surface area contributed by atoms with Crippen LogP contribution in [-0.2, 0) is 0 Å². The Morgan fingerprint density at radius 1 is 1.20 bits per heavy atom. The summed E-state index contributed by atoms with van der Waals surface area (Å²) in [5, 5.41) is 6.48. The maximum atomic E-state index is 13.1. The van der Waals surface area contributed by atoms with Crippen molar-refractivity contribution in [2.75, 3.05) is 26.6 Å². The fraction of sp³-hybridized carbons (Fsp3) is 0.217. The van der Waals surface area contributed by atoms with Gasteiger partial charge in [-0.3, -0.25) is 4.99 Å². The van der Waals surface area contributed by atoms with Crippen LogP contribution in [0.15, 0.2) is 52.1 Å². The third-order valence-electron chi connectivity index (χ3n) is 5.38. The van der Waals surface area contributed by atoms with Crippen LogP contribution in [0, 0.1) is 5.95 Å². The minimum atomic E-state index is -0.509. The molecule has 9 nitrogen and oxygen atoms in total. The molecule has 0 radical (unpaired) electrons.